The number of aromatic nitrogens is 1. The molecule has 1 rings (SSSR count). The van der Waals surface area contributed by atoms with Gasteiger partial charge in [0.15, 0.2) is 18.4 Å². The van der Waals surface area contributed by atoms with Crippen LogP contribution in [-0.4, -0.2) is 5.97 Å². The Bertz CT molecular complexity index is 447. The highest BCUT2D eigenvalue weighted by atomic mass is 16.4. The standard InChI is InChI=1S/C23H39NO2/c1-2-3-4-5-6-7-8-9-10-11-12-13-14-16-19-22(23(25)26)24-20-17-15-18-21-24/h15,17-18,20-22H,2-14,16,19H2,1H3. The Balaban J connectivity index is 1.93. The summed E-state index contributed by atoms with van der Waals surface area (Å²) in [7, 11) is 0. The molecule has 1 aromatic heterocycles. The lowest BCUT2D eigenvalue weighted by Gasteiger charge is -2.13. The van der Waals surface area contributed by atoms with Crippen LogP contribution in [0.25, 0.3) is 0 Å². The summed E-state index contributed by atoms with van der Waals surface area (Å²) in [5.74, 6) is -0.976. The topological polar surface area (TPSA) is 44.0 Å². The second-order valence-corrected chi connectivity index (χ2v) is 7.54. The van der Waals surface area contributed by atoms with E-state index in [2.05, 4.69) is 6.92 Å². The highest BCUT2D eigenvalue weighted by molar-refractivity contribution is 5.67. The molecule has 0 aromatic carbocycles. The quantitative estimate of drug-likeness (QED) is 0.285. The lowest BCUT2D eigenvalue weighted by molar-refractivity contribution is -0.716. The van der Waals surface area contributed by atoms with E-state index >= 15 is 0 Å². The Hall–Kier alpha value is -1.38. The number of hydrogen-bond acceptors (Lipinski definition) is 2. The van der Waals surface area contributed by atoms with Gasteiger partial charge in [-0.15, -0.1) is 0 Å². The Kier molecular flexibility index (Phi) is 13.8. The average molecular weight is 362 g/mol. The summed E-state index contributed by atoms with van der Waals surface area (Å²) in [5, 5.41) is 11.3. The normalized spacial score (nSPS) is 12.2. The summed E-state index contributed by atoms with van der Waals surface area (Å²) in [4.78, 5) is 11.3. The zero-order valence-electron chi connectivity index (χ0n) is 16.8. The number of carbonyl (C=O) groups excluding carboxylic acids is 1. The van der Waals surface area contributed by atoms with Crippen LogP contribution in [0.15, 0.2) is 30.6 Å². The third-order valence-corrected chi connectivity index (χ3v) is 5.20. The SMILES string of the molecule is CCCCCCCCCCCCCCCCC(C(=O)[O-])[n+]1ccccc1. The van der Waals surface area contributed by atoms with Crippen LogP contribution in [0.3, 0.4) is 0 Å². The fourth-order valence-electron chi connectivity index (χ4n) is 3.54. The third-order valence-electron chi connectivity index (χ3n) is 5.20. The van der Waals surface area contributed by atoms with Crippen molar-refractivity contribution in [2.24, 2.45) is 0 Å². The fraction of sp³-hybridized carbons (Fsp3) is 0.739. The summed E-state index contributed by atoms with van der Waals surface area (Å²) in [6.07, 6.45) is 22.7. The van der Waals surface area contributed by atoms with Gasteiger partial charge in [0.2, 0.25) is 0 Å². The zero-order valence-corrected chi connectivity index (χ0v) is 16.8. The molecule has 26 heavy (non-hydrogen) atoms. The number of unbranched alkanes of at least 4 members (excludes halogenated alkanes) is 13. The van der Waals surface area contributed by atoms with Gasteiger partial charge >= 0.3 is 0 Å². The number of rotatable bonds is 17. The first-order valence-corrected chi connectivity index (χ1v) is 10.9. The third kappa shape index (κ3) is 11.3. The van der Waals surface area contributed by atoms with Crippen LogP contribution < -0.4 is 9.67 Å². The Labute approximate surface area is 160 Å². The molecular weight excluding hydrogens is 322 g/mol. The number of pyridine rings is 1. The first-order valence-electron chi connectivity index (χ1n) is 10.9. The van der Waals surface area contributed by atoms with Crippen molar-refractivity contribution in [3.63, 3.8) is 0 Å². The van der Waals surface area contributed by atoms with Crippen molar-refractivity contribution >= 4 is 5.97 Å². The largest absolute Gasteiger partial charge is 0.543 e. The van der Waals surface area contributed by atoms with E-state index in [1.165, 1.54) is 77.0 Å². The Morgan fingerprint density at radius 3 is 1.58 bits per heavy atom. The lowest BCUT2D eigenvalue weighted by Crippen LogP contribution is -2.48. The maximum Gasteiger partial charge on any atom is 0.197 e. The predicted octanol–water partition coefficient (Wildman–Crippen LogP) is 5.14. The van der Waals surface area contributed by atoms with Crippen LogP contribution in [-0.2, 0) is 4.79 Å². The summed E-state index contributed by atoms with van der Waals surface area (Å²) in [6.45, 7) is 2.27. The maximum atomic E-state index is 11.3. The highest BCUT2D eigenvalue weighted by Gasteiger charge is 2.18. The number of aliphatic carboxylic acids is 1. The molecule has 0 saturated carbocycles. The molecule has 0 saturated heterocycles. The van der Waals surface area contributed by atoms with Gasteiger partial charge in [-0.05, 0) is 6.42 Å². The smallest absolute Gasteiger partial charge is 0.197 e. The van der Waals surface area contributed by atoms with Crippen molar-refractivity contribution in [3.05, 3.63) is 30.6 Å². The Morgan fingerprint density at radius 2 is 1.15 bits per heavy atom. The molecule has 0 fully saturated rings. The molecule has 0 radical (unpaired) electrons. The van der Waals surface area contributed by atoms with Gasteiger partial charge in [-0.1, -0.05) is 96.5 Å². The van der Waals surface area contributed by atoms with Crippen molar-refractivity contribution in [3.8, 4) is 0 Å². The van der Waals surface area contributed by atoms with Crippen LogP contribution >= 0.6 is 0 Å². The molecule has 0 aliphatic heterocycles. The summed E-state index contributed by atoms with van der Waals surface area (Å²) in [6, 6.07) is 5.09. The predicted molar refractivity (Wildman–Crippen MR) is 106 cm³/mol. The van der Waals surface area contributed by atoms with Crippen LogP contribution in [0.2, 0.25) is 0 Å². The summed E-state index contributed by atoms with van der Waals surface area (Å²) >= 11 is 0. The number of hydrogen-bond donors (Lipinski definition) is 0. The van der Waals surface area contributed by atoms with Crippen molar-refractivity contribution < 1.29 is 14.5 Å². The maximum absolute atomic E-state index is 11.3. The average Bonchev–Trinajstić information content (AvgIpc) is 2.65. The van der Waals surface area contributed by atoms with E-state index in [4.69, 9.17) is 0 Å². The van der Waals surface area contributed by atoms with Gasteiger partial charge in [-0.25, -0.2) is 0 Å². The molecule has 0 N–H and O–H groups in total. The van der Waals surface area contributed by atoms with E-state index in [1.807, 2.05) is 30.6 Å². The van der Waals surface area contributed by atoms with E-state index in [1.54, 1.807) is 4.57 Å². The minimum atomic E-state index is -0.976. The first kappa shape index (κ1) is 22.7. The number of carboxylic acids is 1. The molecule has 0 spiro atoms. The van der Waals surface area contributed by atoms with E-state index in [0.717, 1.165) is 12.8 Å². The van der Waals surface area contributed by atoms with E-state index in [9.17, 15) is 9.90 Å². The highest BCUT2D eigenvalue weighted by Crippen LogP contribution is 2.15. The zero-order chi connectivity index (χ0) is 18.9. The van der Waals surface area contributed by atoms with E-state index in [-0.39, 0.29) is 0 Å². The van der Waals surface area contributed by atoms with E-state index in [0.29, 0.717) is 6.42 Å². The van der Waals surface area contributed by atoms with Crippen molar-refractivity contribution in [1.82, 2.24) is 0 Å². The molecule has 0 aliphatic rings. The van der Waals surface area contributed by atoms with Crippen LogP contribution in [0, 0.1) is 0 Å². The van der Waals surface area contributed by atoms with E-state index < -0.39 is 12.0 Å². The van der Waals surface area contributed by atoms with Gasteiger partial charge in [-0.3, -0.25) is 0 Å². The molecule has 1 aromatic rings. The molecule has 3 nitrogen and oxygen atoms in total. The fourth-order valence-corrected chi connectivity index (χ4v) is 3.54. The lowest BCUT2D eigenvalue weighted by atomic mass is 10.0. The van der Waals surface area contributed by atoms with Crippen molar-refractivity contribution in [1.29, 1.82) is 0 Å². The van der Waals surface area contributed by atoms with Crippen LogP contribution in [0.4, 0.5) is 0 Å². The second-order valence-electron chi connectivity index (χ2n) is 7.54. The number of carboxylic acid groups (broad SMARTS) is 1. The molecule has 1 atom stereocenters. The van der Waals surface area contributed by atoms with Crippen LogP contribution in [0.1, 0.15) is 109 Å². The van der Waals surface area contributed by atoms with Crippen molar-refractivity contribution in [2.75, 3.05) is 0 Å². The van der Waals surface area contributed by atoms with Gasteiger partial charge in [0.1, 0.15) is 5.97 Å². The van der Waals surface area contributed by atoms with Crippen LogP contribution in [0.5, 0.6) is 0 Å². The molecule has 3 heteroatoms. The van der Waals surface area contributed by atoms with Gasteiger partial charge in [0, 0.05) is 18.6 Å². The summed E-state index contributed by atoms with van der Waals surface area (Å²) in [5.41, 5.74) is 0. The molecule has 0 aliphatic carbocycles. The van der Waals surface area contributed by atoms with Gasteiger partial charge in [-0.2, -0.15) is 4.57 Å². The molecule has 0 amide bonds. The number of carbonyl (C=O) groups is 1. The molecule has 148 valence electrons. The first-order chi connectivity index (χ1) is 12.8. The molecule has 0 bridgehead atoms. The minimum Gasteiger partial charge on any atom is -0.543 e. The minimum absolute atomic E-state index is 0.534. The monoisotopic (exact) mass is 361 g/mol. The Morgan fingerprint density at radius 1 is 0.731 bits per heavy atom. The summed E-state index contributed by atoms with van der Waals surface area (Å²) < 4.78 is 1.75. The van der Waals surface area contributed by atoms with Gasteiger partial charge in [0.25, 0.3) is 0 Å². The van der Waals surface area contributed by atoms with Crippen molar-refractivity contribution in [2.45, 2.75) is 109 Å². The number of nitrogens with zero attached hydrogens (tertiary/aromatic N) is 1. The van der Waals surface area contributed by atoms with Gasteiger partial charge in [0.05, 0.1) is 0 Å². The van der Waals surface area contributed by atoms with Gasteiger partial charge < -0.3 is 9.90 Å². The molecular formula is C23H39NO2. The molecule has 1 unspecified atom stereocenters. The second kappa shape index (κ2) is 15.8. The molecule has 1 heterocycles.